The lowest BCUT2D eigenvalue weighted by atomic mass is 10.2. The monoisotopic (exact) mass is 470 g/mol. The van der Waals surface area contributed by atoms with E-state index in [9.17, 15) is 13.2 Å². The van der Waals surface area contributed by atoms with Gasteiger partial charge in [0.1, 0.15) is 5.75 Å². The predicted octanol–water partition coefficient (Wildman–Crippen LogP) is 2.84. The molecule has 2 heterocycles. The first kappa shape index (κ1) is 23.1. The van der Waals surface area contributed by atoms with Crippen LogP contribution in [0.1, 0.15) is 30.1 Å². The lowest BCUT2D eigenvalue weighted by molar-refractivity contribution is 0.101. The zero-order valence-corrected chi connectivity index (χ0v) is 19.4. The van der Waals surface area contributed by atoms with Gasteiger partial charge in [0.05, 0.1) is 23.6 Å². The quantitative estimate of drug-likeness (QED) is 0.463. The summed E-state index contributed by atoms with van der Waals surface area (Å²) < 4.78 is 38.4. The Labute approximate surface area is 193 Å². The molecule has 1 saturated heterocycles. The molecular weight excluding hydrogens is 444 g/mol. The summed E-state index contributed by atoms with van der Waals surface area (Å²) in [5, 5.41) is 4.09. The number of carbonyl (C=O) groups is 1. The number of para-hydroxylation sites is 1. The second kappa shape index (κ2) is 9.82. The third kappa shape index (κ3) is 5.13. The van der Waals surface area contributed by atoms with Gasteiger partial charge in [0.25, 0.3) is 0 Å². The number of hydrogen-bond donors (Lipinski definition) is 0. The summed E-state index contributed by atoms with van der Waals surface area (Å²) in [5.41, 5.74) is 1.25. The van der Waals surface area contributed by atoms with Crippen molar-refractivity contribution < 1.29 is 22.5 Å². The van der Waals surface area contributed by atoms with Gasteiger partial charge in [0, 0.05) is 31.7 Å². The summed E-state index contributed by atoms with van der Waals surface area (Å²) >= 11 is 0. The molecule has 0 spiro atoms. The molecule has 33 heavy (non-hydrogen) atoms. The number of aromatic nitrogens is 2. The van der Waals surface area contributed by atoms with Gasteiger partial charge in [0.15, 0.2) is 5.78 Å². The fourth-order valence-electron chi connectivity index (χ4n) is 3.69. The molecule has 0 saturated carbocycles. The highest BCUT2D eigenvalue weighted by molar-refractivity contribution is 7.89. The molecule has 0 amide bonds. The molecule has 3 aromatic rings. The van der Waals surface area contributed by atoms with Gasteiger partial charge in [-0.05, 0) is 38.1 Å². The van der Waals surface area contributed by atoms with E-state index in [1.54, 1.807) is 12.1 Å². The number of Topliss-reactive ketones (excluding diaryl/α,β-unsaturated/α-hetero) is 1. The standard InChI is InChI=1S/C23H26N4O5S/c1-3-31-21-7-5-4-6-20(21)23-24-22(32-25-23)16-26-12-14-27(15-13-26)33(29,30)19-10-8-18(9-11-19)17(2)28/h4-11H,3,12-16H2,1-2H3. The number of rotatable bonds is 8. The van der Waals surface area contributed by atoms with E-state index in [-0.39, 0.29) is 10.7 Å². The van der Waals surface area contributed by atoms with Gasteiger partial charge in [0.2, 0.25) is 21.7 Å². The molecule has 174 valence electrons. The smallest absolute Gasteiger partial charge is 0.243 e. The van der Waals surface area contributed by atoms with Crippen molar-refractivity contribution in [2.75, 3.05) is 32.8 Å². The Kier molecular flexibility index (Phi) is 6.87. The van der Waals surface area contributed by atoms with Crippen LogP contribution < -0.4 is 4.74 Å². The van der Waals surface area contributed by atoms with Gasteiger partial charge >= 0.3 is 0 Å². The molecule has 2 aromatic carbocycles. The Morgan fingerprint density at radius 3 is 2.42 bits per heavy atom. The van der Waals surface area contributed by atoms with Crippen LogP contribution in [-0.2, 0) is 16.6 Å². The van der Waals surface area contributed by atoms with Crippen molar-refractivity contribution >= 4 is 15.8 Å². The predicted molar refractivity (Wildman–Crippen MR) is 121 cm³/mol. The first-order valence-corrected chi connectivity index (χ1v) is 12.2. The van der Waals surface area contributed by atoms with Gasteiger partial charge in [-0.25, -0.2) is 8.42 Å². The van der Waals surface area contributed by atoms with Crippen LogP contribution >= 0.6 is 0 Å². The fourth-order valence-corrected chi connectivity index (χ4v) is 5.11. The van der Waals surface area contributed by atoms with Gasteiger partial charge in [-0.2, -0.15) is 9.29 Å². The molecule has 1 aromatic heterocycles. The van der Waals surface area contributed by atoms with Gasteiger partial charge in [-0.15, -0.1) is 0 Å². The van der Waals surface area contributed by atoms with Gasteiger partial charge < -0.3 is 9.26 Å². The molecule has 0 bridgehead atoms. The molecule has 1 fully saturated rings. The number of nitrogens with zero attached hydrogens (tertiary/aromatic N) is 4. The van der Waals surface area contributed by atoms with Crippen molar-refractivity contribution in [3.8, 4) is 17.1 Å². The highest BCUT2D eigenvalue weighted by Crippen LogP contribution is 2.28. The molecular formula is C23H26N4O5S. The summed E-state index contributed by atoms with van der Waals surface area (Å²) in [6.07, 6.45) is 0. The number of carbonyl (C=O) groups excluding carboxylic acids is 1. The van der Waals surface area contributed by atoms with Crippen molar-refractivity contribution in [1.82, 2.24) is 19.3 Å². The van der Waals surface area contributed by atoms with Crippen molar-refractivity contribution in [1.29, 1.82) is 0 Å². The summed E-state index contributed by atoms with van der Waals surface area (Å²) in [6, 6.07) is 13.6. The summed E-state index contributed by atoms with van der Waals surface area (Å²) in [6.45, 7) is 6.12. The minimum Gasteiger partial charge on any atom is -0.493 e. The van der Waals surface area contributed by atoms with E-state index in [2.05, 4.69) is 15.0 Å². The lowest BCUT2D eigenvalue weighted by Gasteiger charge is -2.33. The van der Waals surface area contributed by atoms with E-state index in [0.717, 1.165) is 5.56 Å². The molecule has 0 aliphatic carbocycles. The SMILES string of the molecule is CCOc1ccccc1-c1noc(CN2CCN(S(=O)(=O)c3ccc(C(C)=O)cc3)CC2)n1. The number of piperazine rings is 1. The van der Waals surface area contributed by atoms with E-state index in [0.29, 0.717) is 62.4 Å². The van der Waals surface area contributed by atoms with Crippen LogP contribution in [-0.4, -0.2) is 66.3 Å². The number of ether oxygens (including phenoxy) is 1. The largest absolute Gasteiger partial charge is 0.493 e. The Morgan fingerprint density at radius 1 is 1.06 bits per heavy atom. The van der Waals surface area contributed by atoms with E-state index in [1.165, 1.54) is 23.4 Å². The van der Waals surface area contributed by atoms with E-state index in [1.807, 2.05) is 31.2 Å². The van der Waals surface area contributed by atoms with Crippen molar-refractivity contribution in [3.05, 3.63) is 60.0 Å². The summed E-state index contributed by atoms with van der Waals surface area (Å²) in [4.78, 5) is 18.2. The van der Waals surface area contributed by atoms with Crippen LogP contribution in [0, 0.1) is 0 Å². The Bertz CT molecular complexity index is 1220. The lowest BCUT2D eigenvalue weighted by Crippen LogP contribution is -2.48. The Morgan fingerprint density at radius 2 is 1.76 bits per heavy atom. The summed E-state index contributed by atoms with van der Waals surface area (Å²) in [7, 11) is -3.61. The van der Waals surface area contributed by atoms with Gasteiger partial charge in [-0.1, -0.05) is 29.4 Å². The third-order valence-corrected chi connectivity index (χ3v) is 7.40. The molecule has 4 rings (SSSR count). The maximum Gasteiger partial charge on any atom is 0.243 e. The average Bonchev–Trinajstić information content (AvgIpc) is 3.28. The van der Waals surface area contributed by atoms with E-state index < -0.39 is 10.0 Å². The van der Waals surface area contributed by atoms with Crippen molar-refractivity contribution in [2.45, 2.75) is 25.3 Å². The van der Waals surface area contributed by atoms with E-state index in [4.69, 9.17) is 9.26 Å². The Hall–Kier alpha value is -3.08. The van der Waals surface area contributed by atoms with Crippen molar-refractivity contribution in [2.24, 2.45) is 0 Å². The molecule has 0 radical (unpaired) electrons. The minimum absolute atomic E-state index is 0.0990. The number of ketones is 1. The number of sulfonamides is 1. The second-order valence-corrected chi connectivity index (χ2v) is 9.64. The van der Waals surface area contributed by atoms with Crippen LogP contribution in [0.15, 0.2) is 57.9 Å². The molecule has 10 heteroatoms. The zero-order valence-electron chi connectivity index (χ0n) is 18.6. The topological polar surface area (TPSA) is 106 Å². The maximum absolute atomic E-state index is 12.9. The minimum atomic E-state index is -3.61. The molecule has 1 aliphatic heterocycles. The number of hydrogen-bond acceptors (Lipinski definition) is 8. The molecule has 0 atom stereocenters. The fraction of sp³-hybridized carbons (Fsp3) is 0.348. The van der Waals surface area contributed by atoms with Crippen LogP contribution in [0.3, 0.4) is 0 Å². The average molecular weight is 471 g/mol. The Balaban J connectivity index is 1.38. The first-order valence-electron chi connectivity index (χ1n) is 10.8. The number of benzene rings is 2. The molecule has 0 unspecified atom stereocenters. The second-order valence-electron chi connectivity index (χ2n) is 7.70. The highest BCUT2D eigenvalue weighted by Gasteiger charge is 2.29. The van der Waals surface area contributed by atoms with E-state index >= 15 is 0 Å². The van der Waals surface area contributed by atoms with Crippen LogP contribution in [0.4, 0.5) is 0 Å². The molecule has 1 aliphatic rings. The first-order chi connectivity index (χ1) is 15.9. The normalized spacial score (nSPS) is 15.5. The molecule has 9 nitrogen and oxygen atoms in total. The molecule has 0 N–H and O–H groups in total. The van der Waals surface area contributed by atoms with Crippen LogP contribution in [0.5, 0.6) is 5.75 Å². The highest BCUT2D eigenvalue weighted by atomic mass is 32.2. The van der Waals surface area contributed by atoms with Crippen molar-refractivity contribution in [3.63, 3.8) is 0 Å². The maximum atomic E-state index is 12.9. The third-order valence-electron chi connectivity index (χ3n) is 5.48. The zero-order chi connectivity index (χ0) is 23.4. The van der Waals surface area contributed by atoms with Crippen LogP contribution in [0.25, 0.3) is 11.4 Å². The van der Waals surface area contributed by atoms with Crippen LogP contribution in [0.2, 0.25) is 0 Å². The van der Waals surface area contributed by atoms with Gasteiger partial charge in [-0.3, -0.25) is 9.69 Å². The summed E-state index contributed by atoms with van der Waals surface area (Å²) in [5.74, 6) is 1.53.